The first-order valence-corrected chi connectivity index (χ1v) is 9.71. The maximum Gasteiger partial charge on any atom is 0.274 e. The number of nitrogens with one attached hydrogen (secondary N) is 2. The Kier molecular flexibility index (Phi) is 4.75. The number of aromatic nitrogens is 2. The summed E-state index contributed by atoms with van der Waals surface area (Å²) in [4.78, 5) is 37.9. The first-order chi connectivity index (χ1) is 13.5. The Morgan fingerprint density at radius 3 is 2.75 bits per heavy atom. The van der Waals surface area contributed by atoms with Crippen LogP contribution in [0.25, 0.3) is 0 Å². The molecule has 146 valence electrons. The van der Waals surface area contributed by atoms with E-state index in [2.05, 4.69) is 34.6 Å². The first-order valence-electron chi connectivity index (χ1n) is 9.71. The van der Waals surface area contributed by atoms with Crippen LogP contribution in [0.1, 0.15) is 46.4 Å². The van der Waals surface area contributed by atoms with Crippen molar-refractivity contribution in [3.63, 3.8) is 0 Å². The van der Waals surface area contributed by atoms with Gasteiger partial charge in [0.1, 0.15) is 0 Å². The van der Waals surface area contributed by atoms with Gasteiger partial charge in [-0.2, -0.15) is 5.10 Å². The number of likely N-dealkylation sites (tertiary alicyclic amines) is 1. The molecule has 4 rings (SSSR count). The molecule has 2 aliphatic rings. The molecule has 1 saturated carbocycles. The number of nitrogens with zero attached hydrogens (tertiary/aromatic N) is 2. The van der Waals surface area contributed by atoms with Crippen LogP contribution in [0.3, 0.4) is 0 Å². The summed E-state index contributed by atoms with van der Waals surface area (Å²) in [6, 6.07) is 9.66. The second-order valence-corrected chi connectivity index (χ2v) is 7.68. The van der Waals surface area contributed by atoms with Crippen molar-refractivity contribution in [2.75, 3.05) is 13.1 Å². The van der Waals surface area contributed by atoms with E-state index in [1.807, 2.05) is 12.1 Å². The van der Waals surface area contributed by atoms with Gasteiger partial charge in [0, 0.05) is 25.1 Å². The predicted octanol–water partition coefficient (Wildman–Crippen LogP) is 1.39. The van der Waals surface area contributed by atoms with Crippen molar-refractivity contribution in [3.8, 4) is 0 Å². The third-order valence-corrected chi connectivity index (χ3v) is 5.68. The van der Waals surface area contributed by atoms with E-state index in [0.29, 0.717) is 24.6 Å². The minimum absolute atomic E-state index is 0.0258. The van der Waals surface area contributed by atoms with Crippen LogP contribution in [0.2, 0.25) is 0 Å². The number of rotatable bonds is 5. The van der Waals surface area contributed by atoms with E-state index < -0.39 is 0 Å². The maximum absolute atomic E-state index is 12.6. The molecule has 2 atom stereocenters. The largest absolute Gasteiger partial charge is 0.350 e. The second-order valence-electron chi connectivity index (χ2n) is 7.68. The zero-order valence-corrected chi connectivity index (χ0v) is 16.1. The fraction of sp³-hybridized carbons (Fsp3) is 0.429. The smallest absolute Gasteiger partial charge is 0.274 e. The van der Waals surface area contributed by atoms with Crippen molar-refractivity contribution < 1.29 is 9.59 Å². The zero-order valence-electron chi connectivity index (χ0n) is 16.1. The third kappa shape index (κ3) is 3.44. The average Bonchev–Trinajstić information content (AvgIpc) is 3.44. The SMILES string of the molecule is CCc1ccccc1[C@@H]1C[C@H]1C(=O)NC1CN(C(=O)c2n[nH]c(=O)cc2C)C1. The molecular formula is C21H24N4O3. The van der Waals surface area contributed by atoms with Gasteiger partial charge >= 0.3 is 0 Å². The first kappa shape index (κ1) is 18.4. The van der Waals surface area contributed by atoms with Gasteiger partial charge in [0.25, 0.3) is 11.5 Å². The Bertz CT molecular complexity index is 978. The molecule has 1 aliphatic carbocycles. The Balaban J connectivity index is 1.30. The number of benzene rings is 1. The van der Waals surface area contributed by atoms with E-state index in [4.69, 9.17) is 0 Å². The summed E-state index contributed by atoms with van der Waals surface area (Å²) >= 11 is 0. The van der Waals surface area contributed by atoms with Gasteiger partial charge in [-0.3, -0.25) is 14.4 Å². The number of carbonyl (C=O) groups is 2. The van der Waals surface area contributed by atoms with Gasteiger partial charge in [-0.15, -0.1) is 0 Å². The second kappa shape index (κ2) is 7.22. The lowest BCUT2D eigenvalue weighted by atomic mass is 10.00. The van der Waals surface area contributed by atoms with Crippen molar-refractivity contribution in [1.29, 1.82) is 0 Å². The Morgan fingerprint density at radius 2 is 2.04 bits per heavy atom. The molecule has 1 aromatic carbocycles. The highest BCUT2D eigenvalue weighted by Crippen LogP contribution is 2.48. The summed E-state index contributed by atoms with van der Waals surface area (Å²) in [5, 5.41) is 9.21. The number of amides is 2. The Hall–Kier alpha value is -2.96. The normalized spacial score (nSPS) is 21.1. The summed E-state index contributed by atoms with van der Waals surface area (Å²) in [6.07, 6.45) is 1.86. The summed E-state index contributed by atoms with van der Waals surface area (Å²) in [7, 11) is 0. The molecule has 2 N–H and O–H groups in total. The highest BCUT2D eigenvalue weighted by atomic mass is 16.2. The van der Waals surface area contributed by atoms with E-state index >= 15 is 0 Å². The van der Waals surface area contributed by atoms with E-state index in [1.54, 1.807) is 11.8 Å². The van der Waals surface area contributed by atoms with Gasteiger partial charge in [-0.05, 0) is 42.4 Å². The highest BCUT2D eigenvalue weighted by Gasteiger charge is 2.46. The average molecular weight is 380 g/mol. The van der Waals surface area contributed by atoms with Crippen LogP contribution in [0.4, 0.5) is 0 Å². The molecule has 28 heavy (non-hydrogen) atoms. The van der Waals surface area contributed by atoms with Crippen LogP contribution in [-0.4, -0.2) is 46.0 Å². The molecular weight excluding hydrogens is 356 g/mol. The van der Waals surface area contributed by atoms with E-state index in [9.17, 15) is 14.4 Å². The minimum Gasteiger partial charge on any atom is -0.350 e. The van der Waals surface area contributed by atoms with Crippen molar-refractivity contribution in [3.05, 3.63) is 63.1 Å². The monoisotopic (exact) mass is 380 g/mol. The maximum atomic E-state index is 12.6. The number of H-pyrrole nitrogens is 1. The molecule has 2 heterocycles. The zero-order chi connectivity index (χ0) is 19.8. The van der Waals surface area contributed by atoms with Crippen molar-refractivity contribution in [1.82, 2.24) is 20.4 Å². The quantitative estimate of drug-likeness (QED) is 0.819. The van der Waals surface area contributed by atoms with Crippen molar-refractivity contribution >= 4 is 11.8 Å². The predicted molar refractivity (Wildman–Crippen MR) is 104 cm³/mol. The molecule has 1 aliphatic heterocycles. The lowest BCUT2D eigenvalue weighted by molar-refractivity contribution is -0.124. The fourth-order valence-corrected chi connectivity index (χ4v) is 3.95. The fourth-order valence-electron chi connectivity index (χ4n) is 3.95. The van der Waals surface area contributed by atoms with Crippen LogP contribution < -0.4 is 10.9 Å². The number of carbonyl (C=O) groups excluding carboxylic acids is 2. The van der Waals surface area contributed by atoms with Gasteiger partial charge in [0.05, 0.1) is 6.04 Å². The van der Waals surface area contributed by atoms with Crippen LogP contribution in [0, 0.1) is 12.8 Å². The van der Waals surface area contributed by atoms with Gasteiger partial charge in [0.2, 0.25) is 5.91 Å². The summed E-state index contributed by atoms with van der Waals surface area (Å²) < 4.78 is 0. The van der Waals surface area contributed by atoms with Crippen LogP contribution in [-0.2, 0) is 11.2 Å². The van der Waals surface area contributed by atoms with Crippen LogP contribution in [0.5, 0.6) is 0 Å². The molecule has 7 heteroatoms. The molecule has 1 aromatic heterocycles. The molecule has 2 fully saturated rings. The Morgan fingerprint density at radius 1 is 1.29 bits per heavy atom. The number of hydrogen-bond donors (Lipinski definition) is 2. The molecule has 0 radical (unpaired) electrons. The molecule has 0 unspecified atom stereocenters. The van der Waals surface area contributed by atoms with Gasteiger partial charge in [-0.1, -0.05) is 31.2 Å². The van der Waals surface area contributed by atoms with Gasteiger partial charge in [0.15, 0.2) is 5.69 Å². The van der Waals surface area contributed by atoms with E-state index in [-0.39, 0.29) is 35.0 Å². The minimum atomic E-state index is -0.327. The molecule has 2 aromatic rings. The van der Waals surface area contributed by atoms with E-state index in [1.165, 1.54) is 17.2 Å². The van der Waals surface area contributed by atoms with E-state index in [0.717, 1.165) is 12.8 Å². The van der Waals surface area contributed by atoms with Crippen molar-refractivity contribution in [2.24, 2.45) is 5.92 Å². The summed E-state index contributed by atoms with van der Waals surface area (Å²) in [5.74, 6) is 0.189. The molecule has 2 amide bonds. The van der Waals surface area contributed by atoms with Gasteiger partial charge < -0.3 is 10.2 Å². The topological polar surface area (TPSA) is 95.2 Å². The highest BCUT2D eigenvalue weighted by molar-refractivity contribution is 5.94. The van der Waals surface area contributed by atoms with Gasteiger partial charge in [-0.25, -0.2) is 5.10 Å². The van der Waals surface area contributed by atoms with Crippen molar-refractivity contribution in [2.45, 2.75) is 38.6 Å². The summed E-state index contributed by atoms with van der Waals surface area (Å²) in [6.45, 7) is 4.76. The number of aryl methyl sites for hydroxylation is 2. The Labute approximate surface area is 163 Å². The van der Waals surface area contributed by atoms with Crippen LogP contribution >= 0.6 is 0 Å². The number of aromatic amines is 1. The standard InChI is InChI=1S/C21H24N4O3/c1-3-13-6-4-5-7-15(13)16-9-17(16)20(27)22-14-10-25(11-14)21(28)19-12(2)8-18(26)23-24-19/h4-8,14,16-17H,3,9-11H2,1-2H3,(H,22,27)(H,23,26)/t16-,17+/m0/s1. The molecule has 0 bridgehead atoms. The summed E-state index contributed by atoms with van der Waals surface area (Å²) in [5.41, 5.74) is 3.08. The lowest BCUT2D eigenvalue weighted by Crippen LogP contribution is -2.61. The molecule has 1 saturated heterocycles. The number of hydrogen-bond acceptors (Lipinski definition) is 4. The molecule has 7 nitrogen and oxygen atoms in total. The third-order valence-electron chi connectivity index (χ3n) is 5.68. The molecule has 0 spiro atoms. The van der Waals surface area contributed by atoms with Crippen LogP contribution in [0.15, 0.2) is 35.1 Å². The lowest BCUT2D eigenvalue weighted by Gasteiger charge is -2.39.